The molecule has 2 aromatic rings. The number of thiocyanates is 1. The second kappa shape index (κ2) is 6.73. The average Bonchev–Trinajstić information content (AvgIpc) is 2.41. The Kier molecular flexibility index (Phi) is 5.16. The van der Waals surface area contributed by atoms with Gasteiger partial charge in [0.15, 0.2) is 0 Å². The van der Waals surface area contributed by atoms with E-state index < -0.39 is 10.0 Å². The summed E-state index contributed by atoms with van der Waals surface area (Å²) < 4.78 is 28.2. The summed E-state index contributed by atoms with van der Waals surface area (Å²) in [6, 6.07) is 10.2. The number of nitriles is 1. The van der Waals surface area contributed by atoms with Gasteiger partial charge in [-0.2, -0.15) is 5.26 Å². The van der Waals surface area contributed by atoms with Gasteiger partial charge in [0, 0.05) is 9.37 Å². The number of rotatable bonds is 4. The number of benzene rings is 2. The smallest absolute Gasteiger partial charge is 0.262 e. The highest BCUT2D eigenvalue weighted by atomic mass is 79.9. The van der Waals surface area contributed by atoms with Gasteiger partial charge in [-0.05, 0) is 71.4 Å². The number of thioether (sulfide) groups is 1. The second-order valence-electron chi connectivity index (χ2n) is 4.71. The quantitative estimate of drug-likeness (QED) is 0.612. The number of sulfonamides is 1. The topological polar surface area (TPSA) is 70.0 Å². The van der Waals surface area contributed by atoms with Crippen LogP contribution in [0.5, 0.6) is 0 Å². The Morgan fingerprint density at radius 1 is 1.18 bits per heavy atom. The van der Waals surface area contributed by atoms with Gasteiger partial charge >= 0.3 is 0 Å². The van der Waals surface area contributed by atoms with Gasteiger partial charge in [0.25, 0.3) is 10.0 Å². The number of nitrogens with zero attached hydrogens (tertiary/aromatic N) is 1. The minimum atomic E-state index is -3.66. The van der Waals surface area contributed by atoms with Gasteiger partial charge in [0.2, 0.25) is 0 Å². The first kappa shape index (κ1) is 16.9. The monoisotopic (exact) mass is 396 g/mol. The number of aryl methyl sites for hydroxylation is 2. The summed E-state index contributed by atoms with van der Waals surface area (Å²) >= 11 is 4.34. The molecule has 0 aromatic heterocycles. The van der Waals surface area contributed by atoms with Crippen LogP contribution < -0.4 is 4.72 Å². The van der Waals surface area contributed by atoms with Crippen molar-refractivity contribution in [3.05, 3.63) is 52.0 Å². The molecule has 0 aliphatic heterocycles. The number of halogens is 1. The molecule has 0 radical (unpaired) electrons. The molecule has 2 rings (SSSR count). The Morgan fingerprint density at radius 2 is 1.91 bits per heavy atom. The Hall–Kier alpha value is -1.49. The van der Waals surface area contributed by atoms with Crippen molar-refractivity contribution in [3.8, 4) is 5.40 Å². The van der Waals surface area contributed by atoms with Crippen molar-refractivity contribution in [1.82, 2.24) is 0 Å². The highest BCUT2D eigenvalue weighted by Crippen LogP contribution is 2.30. The summed E-state index contributed by atoms with van der Waals surface area (Å²) in [5.41, 5.74) is 2.14. The van der Waals surface area contributed by atoms with E-state index in [0.29, 0.717) is 15.7 Å². The average molecular weight is 397 g/mol. The predicted octanol–water partition coefficient (Wildman–Crippen LogP) is 4.44. The van der Waals surface area contributed by atoms with E-state index in [0.717, 1.165) is 22.2 Å². The highest BCUT2D eigenvalue weighted by Gasteiger charge is 2.18. The summed E-state index contributed by atoms with van der Waals surface area (Å²) in [6.07, 6.45) is 0. The standard InChI is InChI=1S/C15H13BrN2O2S2/c1-10-3-6-15(11(2)7-10)22(19,20)18-14-5-4-12(21-9-17)8-13(14)16/h3-8,18H,1-2H3. The van der Waals surface area contributed by atoms with Crippen molar-refractivity contribution in [2.75, 3.05) is 4.72 Å². The van der Waals surface area contributed by atoms with Crippen LogP contribution in [0.4, 0.5) is 5.69 Å². The van der Waals surface area contributed by atoms with E-state index in [1.165, 1.54) is 0 Å². The molecule has 7 heteroatoms. The van der Waals surface area contributed by atoms with Crippen LogP contribution in [0.1, 0.15) is 11.1 Å². The lowest BCUT2D eigenvalue weighted by molar-refractivity contribution is 0.600. The highest BCUT2D eigenvalue weighted by molar-refractivity contribution is 9.10. The van der Waals surface area contributed by atoms with Crippen molar-refractivity contribution in [3.63, 3.8) is 0 Å². The molecule has 0 heterocycles. The number of hydrogen-bond acceptors (Lipinski definition) is 4. The first-order valence-electron chi connectivity index (χ1n) is 6.29. The number of nitrogens with one attached hydrogen (secondary N) is 1. The van der Waals surface area contributed by atoms with E-state index in [9.17, 15) is 8.42 Å². The molecule has 4 nitrogen and oxygen atoms in total. The molecule has 0 spiro atoms. The first-order chi connectivity index (χ1) is 10.3. The summed E-state index contributed by atoms with van der Waals surface area (Å²) in [6.45, 7) is 3.68. The van der Waals surface area contributed by atoms with Gasteiger partial charge in [-0.15, -0.1) is 0 Å². The predicted molar refractivity (Wildman–Crippen MR) is 92.3 cm³/mol. The van der Waals surface area contributed by atoms with Crippen LogP contribution in [-0.4, -0.2) is 8.42 Å². The zero-order valence-corrected chi connectivity index (χ0v) is 15.1. The molecule has 0 saturated heterocycles. The minimum Gasteiger partial charge on any atom is -0.278 e. The lowest BCUT2D eigenvalue weighted by atomic mass is 10.2. The molecule has 0 aliphatic rings. The third-order valence-corrected chi connectivity index (χ3v) is 5.73. The Morgan fingerprint density at radius 3 is 2.50 bits per heavy atom. The van der Waals surface area contributed by atoms with E-state index in [4.69, 9.17) is 5.26 Å². The molecule has 0 bridgehead atoms. The fourth-order valence-corrected chi connectivity index (χ4v) is 4.48. The van der Waals surface area contributed by atoms with E-state index in [1.54, 1.807) is 37.3 Å². The maximum Gasteiger partial charge on any atom is 0.262 e. The van der Waals surface area contributed by atoms with E-state index in [1.807, 2.05) is 18.4 Å². The third kappa shape index (κ3) is 3.83. The first-order valence-corrected chi connectivity index (χ1v) is 9.38. The maximum absolute atomic E-state index is 12.5. The van der Waals surface area contributed by atoms with Crippen molar-refractivity contribution in [2.45, 2.75) is 23.6 Å². The molecule has 0 atom stereocenters. The Balaban J connectivity index is 2.35. The van der Waals surface area contributed by atoms with Gasteiger partial charge in [0.05, 0.1) is 10.6 Å². The molecular weight excluding hydrogens is 384 g/mol. The molecule has 0 saturated carbocycles. The van der Waals surface area contributed by atoms with E-state index in [2.05, 4.69) is 20.7 Å². The summed E-state index contributed by atoms with van der Waals surface area (Å²) in [4.78, 5) is 0.990. The zero-order chi connectivity index (χ0) is 16.3. The fourth-order valence-electron chi connectivity index (χ4n) is 2.00. The molecule has 114 valence electrons. The number of hydrogen-bond donors (Lipinski definition) is 1. The summed E-state index contributed by atoms with van der Waals surface area (Å²) in [5.74, 6) is 0. The normalized spacial score (nSPS) is 11.0. The second-order valence-corrected chi connectivity index (χ2v) is 8.07. The lowest BCUT2D eigenvalue weighted by Crippen LogP contribution is -2.14. The van der Waals surface area contributed by atoms with Gasteiger partial charge < -0.3 is 0 Å². The molecular formula is C15H13BrN2O2S2. The third-order valence-electron chi connectivity index (χ3n) is 2.97. The molecule has 2 aromatic carbocycles. The summed E-state index contributed by atoms with van der Waals surface area (Å²) in [7, 11) is -3.66. The molecule has 0 fully saturated rings. The maximum atomic E-state index is 12.5. The van der Waals surface area contributed by atoms with Crippen LogP contribution in [-0.2, 0) is 10.0 Å². The van der Waals surface area contributed by atoms with Crippen molar-refractivity contribution < 1.29 is 8.42 Å². The van der Waals surface area contributed by atoms with Crippen LogP contribution >= 0.6 is 27.7 Å². The van der Waals surface area contributed by atoms with Crippen molar-refractivity contribution in [1.29, 1.82) is 5.26 Å². The van der Waals surface area contributed by atoms with Crippen LogP contribution in [0, 0.1) is 24.5 Å². The lowest BCUT2D eigenvalue weighted by Gasteiger charge is -2.12. The van der Waals surface area contributed by atoms with Gasteiger partial charge in [0.1, 0.15) is 5.40 Å². The summed E-state index contributed by atoms with van der Waals surface area (Å²) in [5, 5.41) is 10.6. The molecule has 22 heavy (non-hydrogen) atoms. The zero-order valence-electron chi connectivity index (χ0n) is 11.9. The number of anilines is 1. The van der Waals surface area contributed by atoms with Crippen molar-refractivity contribution >= 4 is 43.4 Å². The Bertz CT molecular complexity index is 858. The van der Waals surface area contributed by atoms with E-state index in [-0.39, 0.29) is 4.90 Å². The van der Waals surface area contributed by atoms with Crippen LogP contribution in [0.25, 0.3) is 0 Å². The van der Waals surface area contributed by atoms with E-state index >= 15 is 0 Å². The fraction of sp³-hybridized carbons (Fsp3) is 0.133. The Labute approximate surface area is 142 Å². The molecule has 0 amide bonds. The molecule has 0 aliphatic carbocycles. The molecule has 0 unspecified atom stereocenters. The largest absolute Gasteiger partial charge is 0.278 e. The van der Waals surface area contributed by atoms with Crippen LogP contribution in [0.3, 0.4) is 0 Å². The van der Waals surface area contributed by atoms with Gasteiger partial charge in [-0.3, -0.25) is 4.72 Å². The van der Waals surface area contributed by atoms with Crippen LogP contribution in [0.2, 0.25) is 0 Å². The SMILES string of the molecule is Cc1ccc(S(=O)(=O)Nc2ccc(SC#N)cc2Br)c(C)c1. The van der Waals surface area contributed by atoms with Crippen molar-refractivity contribution in [2.24, 2.45) is 0 Å². The van der Waals surface area contributed by atoms with Gasteiger partial charge in [-0.1, -0.05) is 17.7 Å². The minimum absolute atomic E-state index is 0.250. The van der Waals surface area contributed by atoms with Gasteiger partial charge in [-0.25, -0.2) is 8.42 Å². The van der Waals surface area contributed by atoms with Crippen LogP contribution in [0.15, 0.2) is 50.7 Å². The molecule has 1 N–H and O–H groups in total.